The molecule has 0 aliphatic heterocycles. The van der Waals surface area contributed by atoms with Gasteiger partial charge in [-0.1, -0.05) is 30.3 Å². The molecule has 0 saturated heterocycles. The molecule has 19 heavy (non-hydrogen) atoms. The molecular formula is C16H19FN2. The van der Waals surface area contributed by atoms with Gasteiger partial charge in [0.15, 0.2) is 0 Å². The van der Waals surface area contributed by atoms with Crippen LogP contribution < -0.4 is 5.73 Å². The van der Waals surface area contributed by atoms with E-state index in [1.54, 1.807) is 6.07 Å². The molecule has 2 N–H and O–H groups in total. The highest BCUT2D eigenvalue weighted by atomic mass is 19.1. The van der Waals surface area contributed by atoms with Gasteiger partial charge in [0.2, 0.25) is 0 Å². The third-order valence-corrected chi connectivity index (χ3v) is 3.25. The zero-order chi connectivity index (χ0) is 13.8. The summed E-state index contributed by atoms with van der Waals surface area (Å²) in [6.07, 6.45) is 0. The van der Waals surface area contributed by atoms with Crippen molar-refractivity contribution < 1.29 is 4.39 Å². The predicted octanol–water partition coefficient (Wildman–Crippen LogP) is 3.35. The van der Waals surface area contributed by atoms with Crippen molar-refractivity contribution in [1.82, 2.24) is 4.90 Å². The van der Waals surface area contributed by atoms with Crippen LogP contribution in [-0.4, -0.2) is 11.9 Å². The molecule has 2 nitrogen and oxygen atoms in total. The van der Waals surface area contributed by atoms with Gasteiger partial charge in [-0.3, -0.25) is 4.90 Å². The van der Waals surface area contributed by atoms with Crippen molar-refractivity contribution in [1.29, 1.82) is 0 Å². The summed E-state index contributed by atoms with van der Waals surface area (Å²) >= 11 is 0. The summed E-state index contributed by atoms with van der Waals surface area (Å²) in [5, 5.41) is 0. The van der Waals surface area contributed by atoms with Crippen molar-refractivity contribution in [3.63, 3.8) is 0 Å². The first-order valence-corrected chi connectivity index (χ1v) is 6.33. The second-order valence-corrected chi connectivity index (χ2v) is 4.94. The lowest BCUT2D eigenvalue weighted by Crippen LogP contribution is -2.18. The van der Waals surface area contributed by atoms with Gasteiger partial charge in [0.25, 0.3) is 0 Å². The van der Waals surface area contributed by atoms with Crippen LogP contribution in [-0.2, 0) is 13.1 Å². The molecule has 0 aromatic heterocycles. The van der Waals surface area contributed by atoms with Crippen molar-refractivity contribution in [3.05, 3.63) is 65.0 Å². The number of nitrogen functional groups attached to an aromatic ring is 1. The second kappa shape index (κ2) is 5.85. The first-order chi connectivity index (χ1) is 9.06. The summed E-state index contributed by atoms with van der Waals surface area (Å²) in [4.78, 5) is 2.17. The van der Waals surface area contributed by atoms with Gasteiger partial charge in [-0.2, -0.15) is 0 Å². The largest absolute Gasteiger partial charge is 0.398 e. The van der Waals surface area contributed by atoms with Crippen LogP contribution in [0.3, 0.4) is 0 Å². The van der Waals surface area contributed by atoms with Crippen molar-refractivity contribution in [2.45, 2.75) is 20.0 Å². The molecule has 0 heterocycles. The Balaban J connectivity index is 2.05. The number of nitrogens with two attached hydrogens (primary N) is 1. The average Bonchev–Trinajstić information content (AvgIpc) is 2.36. The van der Waals surface area contributed by atoms with Crippen LogP contribution in [0.1, 0.15) is 16.7 Å². The number of hydrogen-bond donors (Lipinski definition) is 1. The van der Waals surface area contributed by atoms with Crippen molar-refractivity contribution in [3.8, 4) is 0 Å². The van der Waals surface area contributed by atoms with E-state index < -0.39 is 0 Å². The second-order valence-electron chi connectivity index (χ2n) is 4.94. The zero-order valence-electron chi connectivity index (χ0n) is 11.4. The van der Waals surface area contributed by atoms with E-state index >= 15 is 0 Å². The Morgan fingerprint density at radius 2 is 1.74 bits per heavy atom. The minimum atomic E-state index is -0.289. The van der Waals surface area contributed by atoms with Crippen LogP contribution in [0.2, 0.25) is 0 Å². The third kappa shape index (κ3) is 3.55. The monoisotopic (exact) mass is 258 g/mol. The van der Waals surface area contributed by atoms with E-state index in [0.29, 0.717) is 12.2 Å². The molecule has 0 bridgehead atoms. The maximum atomic E-state index is 13.0. The van der Waals surface area contributed by atoms with Crippen LogP contribution in [0, 0.1) is 12.7 Å². The number of rotatable bonds is 4. The maximum Gasteiger partial charge on any atom is 0.125 e. The number of halogens is 1. The van der Waals surface area contributed by atoms with Gasteiger partial charge in [-0.25, -0.2) is 4.39 Å². The molecule has 0 radical (unpaired) electrons. The van der Waals surface area contributed by atoms with E-state index in [9.17, 15) is 4.39 Å². The Morgan fingerprint density at radius 3 is 2.42 bits per heavy atom. The molecule has 0 unspecified atom stereocenters. The molecule has 0 fully saturated rings. The molecule has 100 valence electrons. The van der Waals surface area contributed by atoms with Crippen LogP contribution in [0.4, 0.5) is 10.1 Å². The quantitative estimate of drug-likeness (QED) is 0.852. The molecule has 2 aromatic rings. The lowest BCUT2D eigenvalue weighted by molar-refractivity contribution is 0.319. The van der Waals surface area contributed by atoms with Crippen molar-refractivity contribution in [2.75, 3.05) is 12.8 Å². The van der Waals surface area contributed by atoms with E-state index in [4.69, 9.17) is 5.73 Å². The Morgan fingerprint density at radius 1 is 1.05 bits per heavy atom. The molecule has 0 spiro atoms. The van der Waals surface area contributed by atoms with Gasteiger partial charge in [0.1, 0.15) is 5.82 Å². The van der Waals surface area contributed by atoms with E-state index in [2.05, 4.69) is 24.0 Å². The minimum absolute atomic E-state index is 0.289. The van der Waals surface area contributed by atoms with Crippen LogP contribution in [0.15, 0.2) is 42.5 Å². The average molecular weight is 258 g/mol. The van der Waals surface area contributed by atoms with Gasteiger partial charge >= 0.3 is 0 Å². The van der Waals surface area contributed by atoms with E-state index in [-0.39, 0.29) is 5.82 Å². The SMILES string of the molecule is Cc1ccccc1CN(C)Cc1ccc(F)cc1N. The Kier molecular flexibility index (Phi) is 4.17. The molecule has 0 atom stereocenters. The minimum Gasteiger partial charge on any atom is -0.398 e. The van der Waals surface area contributed by atoms with Gasteiger partial charge in [-0.05, 0) is 42.8 Å². The highest BCUT2D eigenvalue weighted by molar-refractivity contribution is 5.46. The molecule has 0 saturated carbocycles. The first kappa shape index (κ1) is 13.6. The number of hydrogen-bond acceptors (Lipinski definition) is 2. The fraction of sp³-hybridized carbons (Fsp3) is 0.250. The standard InChI is InChI=1S/C16H19FN2/c1-12-5-3-4-6-13(12)10-19(2)11-14-7-8-15(17)9-16(14)18/h3-9H,10-11,18H2,1-2H3. The molecule has 0 aliphatic rings. The van der Waals surface area contributed by atoms with Gasteiger partial charge in [0.05, 0.1) is 0 Å². The fourth-order valence-corrected chi connectivity index (χ4v) is 2.13. The van der Waals surface area contributed by atoms with E-state index in [1.165, 1.54) is 23.3 Å². The van der Waals surface area contributed by atoms with Crippen molar-refractivity contribution >= 4 is 5.69 Å². The molecule has 2 aromatic carbocycles. The highest BCUT2D eigenvalue weighted by Gasteiger charge is 2.06. The highest BCUT2D eigenvalue weighted by Crippen LogP contribution is 2.17. The first-order valence-electron chi connectivity index (χ1n) is 6.33. The van der Waals surface area contributed by atoms with Crippen LogP contribution in [0.25, 0.3) is 0 Å². The summed E-state index contributed by atoms with van der Waals surface area (Å²) in [5.41, 5.74) is 9.87. The summed E-state index contributed by atoms with van der Waals surface area (Å²) in [5.74, 6) is -0.289. The normalized spacial score (nSPS) is 10.9. The Labute approximate surface area is 113 Å². The Bertz CT molecular complexity index is 566. The summed E-state index contributed by atoms with van der Waals surface area (Å²) in [6.45, 7) is 3.67. The number of aryl methyl sites for hydroxylation is 1. The smallest absolute Gasteiger partial charge is 0.125 e. The zero-order valence-corrected chi connectivity index (χ0v) is 11.4. The van der Waals surface area contributed by atoms with Gasteiger partial charge < -0.3 is 5.73 Å². The number of benzene rings is 2. The predicted molar refractivity (Wildman–Crippen MR) is 77.2 cm³/mol. The lowest BCUT2D eigenvalue weighted by atomic mass is 10.1. The van der Waals surface area contributed by atoms with Gasteiger partial charge in [0, 0.05) is 18.8 Å². The molecule has 2 rings (SSSR count). The topological polar surface area (TPSA) is 29.3 Å². The number of nitrogens with zero attached hydrogens (tertiary/aromatic N) is 1. The lowest BCUT2D eigenvalue weighted by Gasteiger charge is -2.19. The fourth-order valence-electron chi connectivity index (χ4n) is 2.13. The van der Waals surface area contributed by atoms with Crippen LogP contribution in [0.5, 0.6) is 0 Å². The summed E-state index contributed by atoms with van der Waals surface area (Å²) in [7, 11) is 2.04. The van der Waals surface area contributed by atoms with Gasteiger partial charge in [-0.15, -0.1) is 0 Å². The molecule has 3 heteroatoms. The van der Waals surface area contributed by atoms with E-state index in [0.717, 1.165) is 12.1 Å². The molecule has 0 aliphatic carbocycles. The summed E-state index contributed by atoms with van der Waals surface area (Å²) < 4.78 is 13.0. The van der Waals surface area contributed by atoms with Crippen LogP contribution >= 0.6 is 0 Å². The molecule has 0 amide bonds. The third-order valence-electron chi connectivity index (χ3n) is 3.25. The summed E-state index contributed by atoms with van der Waals surface area (Å²) in [6, 6.07) is 12.9. The maximum absolute atomic E-state index is 13.0. The van der Waals surface area contributed by atoms with Crippen molar-refractivity contribution in [2.24, 2.45) is 0 Å². The number of anilines is 1. The Hall–Kier alpha value is -1.87. The molecular weight excluding hydrogens is 239 g/mol. The van der Waals surface area contributed by atoms with E-state index in [1.807, 2.05) is 19.2 Å².